The van der Waals surface area contributed by atoms with E-state index in [0.29, 0.717) is 0 Å². The number of nitrogens with zero attached hydrogens (tertiary/aromatic N) is 4. The summed E-state index contributed by atoms with van der Waals surface area (Å²) in [7, 11) is 0. The molecule has 2 aliphatic heterocycles. The van der Waals surface area contributed by atoms with Crippen molar-refractivity contribution < 1.29 is 0 Å². The maximum absolute atomic E-state index is 4.59. The normalized spacial score (nSPS) is 19.9. The summed E-state index contributed by atoms with van der Waals surface area (Å²) in [5.41, 5.74) is 4.27. The van der Waals surface area contributed by atoms with E-state index in [4.69, 9.17) is 0 Å². The molecule has 27 heavy (non-hydrogen) atoms. The summed E-state index contributed by atoms with van der Waals surface area (Å²) >= 11 is 0. The highest BCUT2D eigenvalue weighted by Gasteiger charge is 2.30. The van der Waals surface area contributed by atoms with E-state index in [1.165, 1.54) is 41.8 Å². The molecule has 0 bridgehead atoms. The highest BCUT2D eigenvalue weighted by molar-refractivity contribution is 5.39. The van der Waals surface area contributed by atoms with E-state index >= 15 is 0 Å². The van der Waals surface area contributed by atoms with Crippen LogP contribution in [-0.4, -0.2) is 26.2 Å². The summed E-state index contributed by atoms with van der Waals surface area (Å²) in [6.45, 7) is 2.98. The molecule has 0 fully saturated rings. The van der Waals surface area contributed by atoms with Gasteiger partial charge in [0.05, 0.1) is 12.6 Å². The number of fused-ring (bicyclic) bond motifs is 2. The lowest BCUT2D eigenvalue weighted by atomic mass is 9.88. The molecule has 0 N–H and O–H groups in total. The van der Waals surface area contributed by atoms with E-state index in [1.807, 2.05) is 0 Å². The topological polar surface area (TPSA) is 34.0 Å². The van der Waals surface area contributed by atoms with Gasteiger partial charge in [-0.05, 0) is 36.0 Å². The van der Waals surface area contributed by atoms with Crippen molar-refractivity contribution in [1.82, 2.24) is 19.7 Å². The maximum atomic E-state index is 4.59. The minimum Gasteiger partial charge on any atom is -0.314 e. The van der Waals surface area contributed by atoms with Gasteiger partial charge in [0.15, 0.2) is 0 Å². The Kier molecular flexibility index (Phi) is 4.50. The molecule has 3 heterocycles. The summed E-state index contributed by atoms with van der Waals surface area (Å²) in [5.74, 6) is 2.31. The number of aromatic nitrogens is 3. The molecule has 4 heteroatoms. The molecule has 3 aromatic rings. The van der Waals surface area contributed by atoms with Crippen LogP contribution < -0.4 is 0 Å². The average Bonchev–Trinajstić information content (AvgIpc) is 2.94. The molecule has 2 aromatic carbocycles. The predicted molar refractivity (Wildman–Crippen MR) is 106 cm³/mol. The van der Waals surface area contributed by atoms with Gasteiger partial charge in [0.1, 0.15) is 11.6 Å². The van der Waals surface area contributed by atoms with Crippen molar-refractivity contribution in [1.29, 1.82) is 0 Å². The number of hydrogen-bond acceptors (Lipinski definition) is 3. The van der Waals surface area contributed by atoms with E-state index in [2.05, 4.69) is 74.3 Å². The van der Waals surface area contributed by atoms with Gasteiger partial charge in [-0.15, -0.1) is 10.2 Å². The van der Waals surface area contributed by atoms with E-state index < -0.39 is 0 Å². The highest BCUT2D eigenvalue weighted by atomic mass is 15.3. The summed E-state index contributed by atoms with van der Waals surface area (Å²) in [6, 6.07) is 20.1. The third-order valence-electron chi connectivity index (χ3n) is 6.03. The molecule has 1 aromatic heterocycles. The van der Waals surface area contributed by atoms with Crippen molar-refractivity contribution >= 4 is 0 Å². The monoisotopic (exact) mass is 358 g/mol. The molecule has 4 nitrogen and oxygen atoms in total. The fraction of sp³-hybridized carbons (Fsp3) is 0.391. The van der Waals surface area contributed by atoms with E-state index in [9.17, 15) is 0 Å². The molecule has 1 atom stereocenters. The Balaban J connectivity index is 1.51. The van der Waals surface area contributed by atoms with Crippen LogP contribution in [0, 0.1) is 0 Å². The summed E-state index contributed by atoms with van der Waals surface area (Å²) in [5, 5.41) is 9.10. The molecule has 0 amide bonds. The molecule has 5 rings (SSSR count). The second-order valence-corrected chi connectivity index (χ2v) is 7.73. The van der Waals surface area contributed by atoms with Crippen LogP contribution in [0.15, 0.2) is 54.6 Å². The lowest BCUT2D eigenvalue weighted by Gasteiger charge is -2.37. The van der Waals surface area contributed by atoms with Crippen molar-refractivity contribution in [2.45, 2.75) is 51.2 Å². The third kappa shape index (κ3) is 3.19. The first kappa shape index (κ1) is 16.7. The SMILES string of the molecule is c1ccc(C2c3ccccc3CCN2Cc2nnc3n2CCCCC3)cc1. The molecule has 1 unspecified atom stereocenters. The fourth-order valence-corrected chi connectivity index (χ4v) is 4.66. The van der Waals surface area contributed by atoms with E-state index in [1.54, 1.807) is 0 Å². The molecule has 138 valence electrons. The molecule has 0 saturated carbocycles. The Hall–Kier alpha value is -2.46. The summed E-state index contributed by atoms with van der Waals surface area (Å²) in [4.78, 5) is 2.58. The van der Waals surface area contributed by atoms with Crippen LogP contribution in [0.4, 0.5) is 0 Å². The Morgan fingerprint density at radius 3 is 2.59 bits per heavy atom. The first-order chi connectivity index (χ1) is 13.4. The minimum atomic E-state index is 0.287. The van der Waals surface area contributed by atoms with Crippen molar-refractivity contribution in [3.05, 3.63) is 82.9 Å². The first-order valence-corrected chi connectivity index (χ1v) is 10.2. The van der Waals surface area contributed by atoms with Crippen LogP contribution in [0.1, 0.15) is 53.6 Å². The van der Waals surface area contributed by atoms with Crippen molar-refractivity contribution in [3.8, 4) is 0 Å². The Bertz CT molecular complexity index is 915. The number of aryl methyl sites for hydroxylation is 1. The molecule has 0 spiro atoms. The zero-order valence-corrected chi connectivity index (χ0v) is 15.7. The lowest BCUT2D eigenvalue weighted by Crippen LogP contribution is -2.36. The van der Waals surface area contributed by atoms with Crippen LogP contribution in [-0.2, 0) is 25.9 Å². The predicted octanol–water partition coefficient (Wildman–Crippen LogP) is 4.15. The third-order valence-corrected chi connectivity index (χ3v) is 6.03. The van der Waals surface area contributed by atoms with Gasteiger partial charge in [0, 0.05) is 19.5 Å². The van der Waals surface area contributed by atoms with Gasteiger partial charge in [-0.25, -0.2) is 0 Å². The molecular formula is C23H26N4. The maximum Gasteiger partial charge on any atom is 0.147 e. The van der Waals surface area contributed by atoms with Crippen LogP contribution in [0.3, 0.4) is 0 Å². The second-order valence-electron chi connectivity index (χ2n) is 7.73. The highest BCUT2D eigenvalue weighted by Crippen LogP contribution is 2.36. The zero-order valence-electron chi connectivity index (χ0n) is 15.7. The molecule has 0 radical (unpaired) electrons. The molecular weight excluding hydrogens is 332 g/mol. The van der Waals surface area contributed by atoms with Gasteiger partial charge >= 0.3 is 0 Å². The van der Waals surface area contributed by atoms with Gasteiger partial charge in [-0.2, -0.15) is 0 Å². The zero-order chi connectivity index (χ0) is 18.1. The van der Waals surface area contributed by atoms with Crippen LogP contribution >= 0.6 is 0 Å². The standard InChI is InChI=1S/C23H26N4/c1-3-10-19(11-4-1)23-20-12-7-6-9-18(20)14-16-26(23)17-22-25-24-21-13-5-2-8-15-27(21)22/h1,3-4,6-7,9-12,23H,2,5,8,13-17H2. The van der Waals surface area contributed by atoms with Crippen LogP contribution in [0.2, 0.25) is 0 Å². The number of benzene rings is 2. The Morgan fingerprint density at radius 1 is 0.815 bits per heavy atom. The quantitative estimate of drug-likeness (QED) is 0.705. The largest absolute Gasteiger partial charge is 0.314 e. The second kappa shape index (κ2) is 7.28. The van der Waals surface area contributed by atoms with Crippen LogP contribution in [0.5, 0.6) is 0 Å². The Morgan fingerprint density at radius 2 is 1.67 bits per heavy atom. The fourth-order valence-electron chi connectivity index (χ4n) is 4.66. The van der Waals surface area contributed by atoms with Gasteiger partial charge < -0.3 is 4.57 Å². The van der Waals surface area contributed by atoms with Crippen molar-refractivity contribution in [2.75, 3.05) is 6.54 Å². The Labute approximate surface area is 160 Å². The van der Waals surface area contributed by atoms with Gasteiger partial charge in [0.25, 0.3) is 0 Å². The summed E-state index contributed by atoms with van der Waals surface area (Å²) in [6.07, 6.45) is 5.94. The summed E-state index contributed by atoms with van der Waals surface area (Å²) < 4.78 is 2.38. The molecule has 2 aliphatic rings. The van der Waals surface area contributed by atoms with Gasteiger partial charge in [-0.3, -0.25) is 4.90 Å². The number of hydrogen-bond donors (Lipinski definition) is 0. The van der Waals surface area contributed by atoms with Crippen molar-refractivity contribution in [2.24, 2.45) is 0 Å². The van der Waals surface area contributed by atoms with E-state index in [-0.39, 0.29) is 6.04 Å². The van der Waals surface area contributed by atoms with E-state index in [0.717, 1.165) is 38.3 Å². The number of rotatable bonds is 3. The average molecular weight is 358 g/mol. The van der Waals surface area contributed by atoms with Gasteiger partial charge in [-0.1, -0.05) is 61.0 Å². The minimum absolute atomic E-state index is 0.287. The molecule has 0 saturated heterocycles. The first-order valence-electron chi connectivity index (χ1n) is 10.2. The lowest BCUT2D eigenvalue weighted by molar-refractivity contribution is 0.196. The van der Waals surface area contributed by atoms with Crippen LogP contribution in [0.25, 0.3) is 0 Å². The smallest absolute Gasteiger partial charge is 0.147 e. The van der Waals surface area contributed by atoms with Crippen molar-refractivity contribution in [3.63, 3.8) is 0 Å². The molecule has 0 aliphatic carbocycles. The van der Waals surface area contributed by atoms with Gasteiger partial charge in [0.2, 0.25) is 0 Å².